The first kappa shape index (κ1) is 16.8. The van der Waals surface area contributed by atoms with Crippen LogP contribution in [-0.2, 0) is 4.79 Å². The van der Waals surface area contributed by atoms with Crippen molar-refractivity contribution in [2.45, 2.75) is 31.7 Å². The van der Waals surface area contributed by atoms with Gasteiger partial charge in [-0.05, 0) is 25.0 Å². The lowest BCUT2D eigenvalue weighted by Crippen LogP contribution is -3.16. The van der Waals surface area contributed by atoms with E-state index in [0.717, 1.165) is 51.9 Å². The topological polar surface area (TPSA) is 65.9 Å². The van der Waals surface area contributed by atoms with Gasteiger partial charge in [0.15, 0.2) is 6.54 Å². The van der Waals surface area contributed by atoms with Crippen molar-refractivity contribution < 1.29 is 14.5 Å². The minimum absolute atomic E-state index is 0.186. The van der Waals surface area contributed by atoms with Gasteiger partial charge in [0.05, 0.1) is 26.2 Å². The normalized spacial score (nSPS) is 19.2. The maximum atomic E-state index is 12.0. The molecule has 1 saturated heterocycles. The molecule has 6 nitrogen and oxygen atoms in total. The first-order valence-corrected chi connectivity index (χ1v) is 8.94. The Morgan fingerprint density at radius 3 is 2.42 bits per heavy atom. The lowest BCUT2D eigenvalue weighted by atomic mass is 10.2. The van der Waals surface area contributed by atoms with Crippen LogP contribution in [0.1, 0.15) is 25.7 Å². The highest BCUT2D eigenvalue weighted by molar-refractivity contribution is 5.94. The van der Waals surface area contributed by atoms with Crippen LogP contribution in [0.2, 0.25) is 0 Å². The second-order valence-electron chi connectivity index (χ2n) is 6.75. The number of benzene rings is 1. The minimum Gasteiger partial charge on any atom is -0.360 e. The number of hydrogen-bond acceptors (Lipinski definition) is 3. The zero-order valence-electron chi connectivity index (χ0n) is 14.1. The van der Waals surface area contributed by atoms with E-state index in [2.05, 4.69) is 27.7 Å². The summed E-state index contributed by atoms with van der Waals surface area (Å²) in [4.78, 5) is 27.4. The van der Waals surface area contributed by atoms with Gasteiger partial charge in [0.25, 0.3) is 5.91 Å². The summed E-state index contributed by atoms with van der Waals surface area (Å²) in [5.41, 5.74) is 1.23. The van der Waals surface area contributed by atoms with Crippen molar-refractivity contribution in [3.05, 3.63) is 30.3 Å². The molecule has 1 saturated carbocycles. The summed E-state index contributed by atoms with van der Waals surface area (Å²) >= 11 is 0. The van der Waals surface area contributed by atoms with Crippen LogP contribution in [-0.4, -0.2) is 50.7 Å². The summed E-state index contributed by atoms with van der Waals surface area (Å²) in [6.45, 7) is 4.04. The third-order valence-corrected chi connectivity index (χ3v) is 4.95. The molecule has 2 fully saturated rings. The molecule has 2 aliphatic rings. The van der Waals surface area contributed by atoms with Gasteiger partial charge in [-0.1, -0.05) is 31.0 Å². The zero-order chi connectivity index (χ0) is 16.8. The van der Waals surface area contributed by atoms with Gasteiger partial charge in [0.2, 0.25) is 0 Å². The molecule has 1 aliphatic heterocycles. The SMILES string of the molecule is O=C(C[NH+]1CCN(c2ccccc2)CC1)NC(=O)NC1CCCC1. The van der Waals surface area contributed by atoms with Crippen LogP contribution in [0.25, 0.3) is 0 Å². The molecule has 1 aromatic rings. The Kier molecular flexibility index (Phi) is 5.69. The number of amides is 3. The highest BCUT2D eigenvalue weighted by Gasteiger charge is 2.24. The van der Waals surface area contributed by atoms with E-state index in [1.165, 1.54) is 10.6 Å². The van der Waals surface area contributed by atoms with Gasteiger partial charge >= 0.3 is 6.03 Å². The van der Waals surface area contributed by atoms with Crippen LogP contribution in [0.5, 0.6) is 0 Å². The first-order chi connectivity index (χ1) is 11.7. The van der Waals surface area contributed by atoms with E-state index in [1.54, 1.807) is 0 Å². The molecule has 3 N–H and O–H groups in total. The number of rotatable bonds is 4. The number of piperazine rings is 1. The van der Waals surface area contributed by atoms with Crippen molar-refractivity contribution in [1.29, 1.82) is 0 Å². The second-order valence-corrected chi connectivity index (χ2v) is 6.75. The van der Waals surface area contributed by atoms with Crippen LogP contribution >= 0.6 is 0 Å². The van der Waals surface area contributed by atoms with Crippen molar-refractivity contribution in [2.24, 2.45) is 0 Å². The van der Waals surface area contributed by atoms with E-state index < -0.39 is 0 Å². The highest BCUT2D eigenvalue weighted by atomic mass is 16.2. The number of nitrogens with zero attached hydrogens (tertiary/aromatic N) is 1. The average Bonchev–Trinajstić information content (AvgIpc) is 3.09. The summed E-state index contributed by atoms with van der Waals surface area (Å²) in [5.74, 6) is -0.186. The largest absolute Gasteiger partial charge is 0.360 e. The summed E-state index contributed by atoms with van der Waals surface area (Å²) < 4.78 is 0. The summed E-state index contributed by atoms with van der Waals surface area (Å²) in [5, 5.41) is 5.36. The van der Waals surface area contributed by atoms with Crippen molar-refractivity contribution in [3.8, 4) is 0 Å². The molecule has 3 amide bonds. The van der Waals surface area contributed by atoms with Crippen LogP contribution in [0, 0.1) is 0 Å². The summed E-state index contributed by atoms with van der Waals surface area (Å²) in [7, 11) is 0. The number of urea groups is 1. The molecule has 3 rings (SSSR count). The molecule has 6 heteroatoms. The molecule has 1 heterocycles. The number of carbonyl (C=O) groups is 2. The number of anilines is 1. The average molecular weight is 331 g/mol. The van der Waals surface area contributed by atoms with Crippen LogP contribution in [0.15, 0.2) is 30.3 Å². The lowest BCUT2D eigenvalue weighted by molar-refractivity contribution is -0.892. The Bertz CT molecular complexity index is 549. The van der Waals surface area contributed by atoms with E-state index >= 15 is 0 Å². The number of imide groups is 1. The first-order valence-electron chi connectivity index (χ1n) is 8.94. The third-order valence-electron chi connectivity index (χ3n) is 4.95. The van der Waals surface area contributed by atoms with E-state index in [-0.39, 0.29) is 18.0 Å². The van der Waals surface area contributed by atoms with Crippen molar-refractivity contribution in [3.63, 3.8) is 0 Å². The Hall–Kier alpha value is -2.08. The molecule has 0 aromatic heterocycles. The van der Waals surface area contributed by atoms with Crippen molar-refractivity contribution in [2.75, 3.05) is 37.6 Å². The number of para-hydroxylation sites is 1. The Balaban J connectivity index is 1.37. The molecule has 130 valence electrons. The minimum atomic E-state index is -0.339. The molecular weight excluding hydrogens is 304 g/mol. The Morgan fingerprint density at radius 2 is 1.75 bits per heavy atom. The number of nitrogens with one attached hydrogen (secondary N) is 3. The monoisotopic (exact) mass is 331 g/mol. The molecule has 1 aromatic carbocycles. The maximum absolute atomic E-state index is 12.0. The molecule has 0 unspecified atom stereocenters. The quantitative estimate of drug-likeness (QED) is 0.736. The number of quaternary nitrogens is 1. The molecule has 24 heavy (non-hydrogen) atoms. The fourth-order valence-corrected chi connectivity index (χ4v) is 3.59. The van der Waals surface area contributed by atoms with Gasteiger partial charge in [-0.15, -0.1) is 0 Å². The predicted molar refractivity (Wildman–Crippen MR) is 93.1 cm³/mol. The van der Waals surface area contributed by atoms with E-state index in [1.807, 2.05) is 18.2 Å². The van der Waals surface area contributed by atoms with Crippen molar-refractivity contribution >= 4 is 17.6 Å². The number of hydrogen-bond donors (Lipinski definition) is 3. The van der Waals surface area contributed by atoms with E-state index in [0.29, 0.717) is 6.54 Å². The van der Waals surface area contributed by atoms with E-state index in [9.17, 15) is 9.59 Å². The molecular formula is C18H27N4O2+. The van der Waals surface area contributed by atoms with Crippen LogP contribution in [0.3, 0.4) is 0 Å². The maximum Gasteiger partial charge on any atom is 0.321 e. The molecule has 0 atom stereocenters. The zero-order valence-corrected chi connectivity index (χ0v) is 14.1. The molecule has 0 bridgehead atoms. The highest BCUT2D eigenvalue weighted by Crippen LogP contribution is 2.17. The summed E-state index contributed by atoms with van der Waals surface area (Å²) in [6.07, 6.45) is 4.37. The lowest BCUT2D eigenvalue weighted by Gasteiger charge is -2.33. The second kappa shape index (κ2) is 8.15. The molecule has 0 spiro atoms. The predicted octanol–water partition coefficient (Wildman–Crippen LogP) is 0.160. The smallest absolute Gasteiger partial charge is 0.321 e. The summed E-state index contributed by atoms with van der Waals surface area (Å²) in [6, 6.07) is 10.2. The van der Waals surface area contributed by atoms with Gasteiger partial charge < -0.3 is 15.1 Å². The van der Waals surface area contributed by atoms with Gasteiger partial charge in [-0.3, -0.25) is 10.1 Å². The van der Waals surface area contributed by atoms with E-state index in [4.69, 9.17) is 0 Å². The standard InChI is InChI=1S/C18H26N4O2/c23-17(20-18(24)19-15-6-4-5-7-15)14-21-10-12-22(13-11-21)16-8-2-1-3-9-16/h1-3,8-9,15H,4-7,10-14H2,(H2,19,20,23,24)/p+1. The van der Waals surface area contributed by atoms with Crippen LogP contribution in [0.4, 0.5) is 10.5 Å². The van der Waals surface area contributed by atoms with Gasteiger partial charge in [-0.25, -0.2) is 4.79 Å². The van der Waals surface area contributed by atoms with Crippen molar-refractivity contribution in [1.82, 2.24) is 10.6 Å². The van der Waals surface area contributed by atoms with Gasteiger partial charge in [0.1, 0.15) is 0 Å². The fraction of sp³-hybridized carbons (Fsp3) is 0.556. The molecule has 0 radical (unpaired) electrons. The van der Waals surface area contributed by atoms with Gasteiger partial charge in [0, 0.05) is 11.7 Å². The van der Waals surface area contributed by atoms with Gasteiger partial charge in [-0.2, -0.15) is 0 Å². The fourth-order valence-electron chi connectivity index (χ4n) is 3.59. The molecule has 1 aliphatic carbocycles. The third kappa shape index (κ3) is 4.71. The number of carbonyl (C=O) groups excluding carboxylic acids is 2. The Labute approximate surface area is 143 Å². The van der Waals surface area contributed by atoms with Crippen LogP contribution < -0.4 is 20.4 Å². The Morgan fingerprint density at radius 1 is 1.08 bits per heavy atom.